The smallest absolute Gasteiger partial charge is 0.271 e. The van der Waals surface area contributed by atoms with Crippen LogP contribution in [0.15, 0.2) is 59.8 Å². The number of aromatic nitrogens is 2. The number of hydrogen-bond acceptors (Lipinski definition) is 3. The van der Waals surface area contributed by atoms with Gasteiger partial charge in [-0.25, -0.2) is 8.78 Å². The summed E-state index contributed by atoms with van der Waals surface area (Å²) in [6.45, 7) is 0. The quantitative estimate of drug-likeness (QED) is 0.776. The van der Waals surface area contributed by atoms with E-state index in [0.717, 1.165) is 23.8 Å². The molecule has 2 N–H and O–H groups in total. The van der Waals surface area contributed by atoms with Gasteiger partial charge in [-0.1, -0.05) is 0 Å². The molecule has 0 saturated carbocycles. The summed E-state index contributed by atoms with van der Waals surface area (Å²) in [5.41, 5.74) is 0.854. The molecule has 3 rings (SSSR count). The van der Waals surface area contributed by atoms with E-state index in [1.165, 1.54) is 12.3 Å². The van der Waals surface area contributed by atoms with Gasteiger partial charge in [-0.3, -0.25) is 14.6 Å². The Balaban J connectivity index is 1.90. The number of anilines is 1. The number of carbonyl (C=O) groups is 1. The lowest BCUT2D eigenvalue weighted by Gasteiger charge is -2.07. The van der Waals surface area contributed by atoms with Crippen LogP contribution < -0.4 is 10.9 Å². The molecule has 0 radical (unpaired) electrons. The van der Waals surface area contributed by atoms with Gasteiger partial charge in [0.05, 0.1) is 0 Å². The molecule has 120 valence electrons. The molecule has 5 nitrogen and oxygen atoms in total. The first kappa shape index (κ1) is 15.5. The molecule has 0 spiro atoms. The normalized spacial score (nSPS) is 10.4. The predicted octanol–water partition coefficient (Wildman–Crippen LogP) is 2.97. The molecule has 0 unspecified atom stereocenters. The number of aromatic amines is 1. The Morgan fingerprint density at radius 2 is 1.75 bits per heavy atom. The number of pyridine rings is 2. The molecule has 0 atom stereocenters. The molecule has 0 saturated heterocycles. The van der Waals surface area contributed by atoms with Crippen molar-refractivity contribution in [3.63, 3.8) is 0 Å². The highest BCUT2D eigenvalue weighted by Gasteiger charge is 2.12. The summed E-state index contributed by atoms with van der Waals surface area (Å²) in [6.07, 6.45) is 4.70. The van der Waals surface area contributed by atoms with Crippen molar-refractivity contribution in [2.75, 3.05) is 5.32 Å². The summed E-state index contributed by atoms with van der Waals surface area (Å²) in [7, 11) is 0. The number of amides is 1. The van der Waals surface area contributed by atoms with Crippen molar-refractivity contribution in [1.82, 2.24) is 9.97 Å². The van der Waals surface area contributed by atoms with Crippen molar-refractivity contribution in [1.29, 1.82) is 0 Å². The van der Waals surface area contributed by atoms with Crippen LogP contribution >= 0.6 is 0 Å². The maximum atomic E-state index is 13.2. The van der Waals surface area contributed by atoms with Crippen molar-refractivity contribution in [2.24, 2.45) is 0 Å². The first-order chi connectivity index (χ1) is 11.5. The number of benzene rings is 1. The SMILES string of the molecule is O=C(Nc1cc(-c2ccncc2)c[nH]c1=O)c1ccc(F)c(F)c1. The molecular formula is C17H11F2N3O2. The van der Waals surface area contributed by atoms with E-state index in [4.69, 9.17) is 0 Å². The molecule has 0 bridgehead atoms. The molecule has 1 amide bonds. The maximum absolute atomic E-state index is 13.2. The first-order valence-electron chi connectivity index (χ1n) is 6.94. The van der Waals surface area contributed by atoms with Crippen LogP contribution in [-0.4, -0.2) is 15.9 Å². The fourth-order valence-electron chi connectivity index (χ4n) is 2.12. The average Bonchev–Trinajstić information content (AvgIpc) is 2.60. The number of nitrogens with one attached hydrogen (secondary N) is 2. The largest absolute Gasteiger partial charge is 0.327 e. The number of nitrogens with zero attached hydrogens (tertiary/aromatic N) is 1. The second-order valence-electron chi connectivity index (χ2n) is 4.95. The maximum Gasteiger partial charge on any atom is 0.271 e. The van der Waals surface area contributed by atoms with E-state index in [2.05, 4.69) is 15.3 Å². The second kappa shape index (κ2) is 6.41. The van der Waals surface area contributed by atoms with Crippen molar-refractivity contribution in [2.45, 2.75) is 0 Å². The minimum Gasteiger partial charge on any atom is -0.327 e. The molecule has 0 aliphatic rings. The lowest BCUT2D eigenvalue weighted by molar-refractivity contribution is 0.102. The third-order valence-electron chi connectivity index (χ3n) is 3.35. The van der Waals surface area contributed by atoms with Crippen LogP contribution in [0.4, 0.5) is 14.5 Å². The minimum atomic E-state index is -1.14. The van der Waals surface area contributed by atoms with Crippen molar-refractivity contribution in [3.8, 4) is 11.1 Å². The van der Waals surface area contributed by atoms with Gasteiger partial charge >= 0.3 is 0 Å². The third-order valence-corrected chi connectivity index (χ3v) is 3.35. The average molecular weight is 327 g/mol. The van der Waals surface area contributed by atoms with Gasteiger partial charge in [0.15, 0.2) is 11.6 Å². The molecule has 0 fully saturated rings. The van der Waals surface area contributed by atoms with Crippen LogP contribution in [0.2, 0.25) is 0 Å². The summed E-state index contributed by atoms with van der Waals surface area (Å²) in [5.74, 6) is -2.91. The highest BCUT2D eigenvalue weighted by Crippen LogP contribution is 2.19. The molecule has 3 aromatic rings. The van der Waals surface area contributed by atoms with Gasteiger partial charge in [-0.2, -0.15) is 0 Å². The Morgan fingerprint density at radius 1 is 1.00 bits per heavy atom. The molecule has 2 aromatic heterocycles. The summed E-state index contributed by atoms with van der Waals surface area (Å²) < 4.78 is 26.1. The van der Waals surface area contributed by atoms with Gasteiger partial charge < -0.3 is 10.3 Å². The summed E-state index contributed by atoms with van der Waals surface area (Å²) in [4.78, 5) is 30.4. The Morgan fingerprint density at radius 3 is 2.46 bits per heavy atom. The zero-order valence-electron chi connectivity index (χ0n) is 12.2. The van der Waals surface area contributed by atoms with E-state index >= 15 is 0 Å². The monoisotopic (exact) mass is 327 g/mol. The van der Waals surface area contributed by atoms with E-state index in [1.807, 2.05) is 0 Å². The van der Waals surface area contributed by atoms with Gasteiger partial charge in [0.25, 0.3) is 11.5 Å². The van der Waals surface area contributed by atoms with E-state index in [9.17, 15) is 18.4 Å². The van der Waals surface area contributed by atoms with E-state index < -0.39 is 23.1 Å². The molecule has 2 heterocycles. The Kier molecular flexibility index (Phi) is 4.15. The van der Waals surface area contributed by atoms with Gasteiger partial charge in [0.2, 0.25) is 0 Å². The zero-order chi connectivity index (χ0) is 17.1. The van der Waals surface area contributed by atoms with Gasteiger partial charge in [0, 0.05) is 29.7 Å². The fraction of sp³-hybridized carbons (Fsp3) is 0. The van der Waals surface area contributed by atoms with Crippen LogP contribution in [0, 0.1) is 11.6 Å². The van der Waals surface area contributed by atoms with Crippen LogP contribution in [0.3, 0.4) is 0 Å². The Bertz CT molecular complexity index is 956. The van der Waals surface area contributed by atoms with Crippen molar-refractivity contribution >= 4 is 11.6 Å². The summed E-state index contributed by atoms with van der Waals surface area (Å²) >= 11 is 0. The predicted molar refractivity (Wildman–Crippen MR) is 84.6 cm³/mol. The molecule has 0 aliphatic heterocycles. The van der Waals surface area contributed by atoms with Gasteiger partial charge in [-0.15, -0.1) is 0 Å². The molecule has 0 aliphatic carbocycles. The Labute approximate surface area is 135 Å². The summed E-state index contributed by atoms with van der Waals surface area (Å²) in [5, 5.41) is 2.40. The molecule has 24 heavy (non-hydrogen) atoms. The third kappa shape index (κ3) is 3.19. The van der Waals surface area contributed by atoms with Gasteiger partial charge in [0.1, 0.15) is 5.69 Å². The first-order valence-corrected chi connectivity index (χ1v) is 6.94. The van der Waals surface area contributed by atoms with Gasteiger partial charge in [-0.05, 0) is 42.0 Å². The Hall–Kier alpha value is -3.35. The fourth-order valence-corrected chi connectivity index (χ4v) is 2.12. The van der Waals surface area contributed by atoms with Crippen molar-refractivity contribution < 1.29 is 13.6 Å². The standard InChI is InChI=1S/C17H11F2N3O2/c18-13-2-1-11(7-14(13)19)16(23)22-15-8-12(9-21-17(15)24)10-3-5-20-6-4-10/h1-9H,(H,21,24)(H,22,23). The van der Waals surface area contributed by atoms with Crippen molar-refractivity contribution in [3.05, 3.63) is 82.5 Å². The number of halogens is 2. The van der Waals surface area contributed by atoms with E-state index in [0.29, 0.717) is 5.56 Å². The molecule has 7 heteroatoms. The van der Waals surface area contributed by atoms with E-state index in [1.54, 1.807) is 24.5 Å². The minimum absolute atomic E-state index is 0.000884. The number of rotatable bonds is 3. The van der Waals surface area contributed by atoms with Crippen LogP contribution in [0.1, 0.15) is 10.4 Å². The second-order valence-corrected chi connectivity index (χ2v) is 4.95. The zero-order valence-corrected chi connectivity index (χ0v) is 12.2. The molecule has 1 aromatic carbocycles. The lowest BCUT2D eigenvalue weighted by atomic mass is 10.1. The lowest BCUT2D eigenvalue weighted by Crippen LogP contribution is -2.20. The number of carbonyl (C=O) groups excluding carboxylic acids is 1. The van der Waals surface area contributed by atoms with E-state index in [-0.39, 0.29) is 11.3 Å². The van der Waals surface area contributed by atoms with Crippen LogP contribution in [0.5, 0.6) is 0 Å². The number of hydrogen-bond donors (Lipinski definition) is 2. The summed E-state index contributed by atoms with van der Waals surface area (Å²) in [6, 6.07) is 7.73. The topological polar surface area (TPSA) is 74.8 Å². The number of H-pyrrole nitrogens is 1. The van der Waals surface area contributed by atoms with Crippen LogP contribution in [0.25, 0.3) is 11.1 Å². The highest BCUT2D eigenvalue weighted by atomic mass is 19.2. The molecular weight excluding hydrogens is 316 g/mol. The highest BCUT2D eigenvalue weighted by molar-refractivity contribution is 6.04. The van der Waals surface area contributed by atoms with Crippen LogP contribution in [-0.2, 0) is 0 Å².